The quantitative estimate of drug-likeness (QED) is 0.359. The smallest absolute Gasteiger partial charge is 0.295 e. The number of nitrogens with zero attached hydrogens (tertiary/aromatic N) is 1. The first-order chi connectivity index (χ1) is 14.5. The number of phenolic OH excluding ortho intramolecular Hbond substituents is 1. The topological polar surface area (TPSA) is 77.8 Å². The van der Waals surface area contributed by atoms with Crippen molar-refractivity contribution in [1.29, 1.82) is 0 Å². The molecule has 0 spiro atoms. The number of aromatic hydroxyl groups is 1. The first-order valence-electron chi connectivity index (χ1n) is 9.68. The zero-order chi connectivity index (χ0) is 21.3. The molecule has 1 unspecified atom stereocenters. The predicted molar refractivity (Wildman–Crippen MR) is 116 cm³/mol. The second kappa shape index (κ2) is 8.16. The molecule has 1 aliphatic rings. The molecule has 2 aromatic carbocycles. The molecule has 6 heteroatoms. The largest absolute Gasteiger partial charge is 0.508 e. The molecule has 2 heterocycles. The lowest BCUT2D eigenvalue weighted by molar-refractivity contribution is -0.140. The van der Waals surface area contributed by atoms with Crippen LogP contribution in [0.15, 0.2) is 71.6 Å². The maximum atomic E-state index is 13.0. The minimum atomic E-state index is -0.787. The van der Waals surface area contributed by atoms with E-state index in [-0.39, 0.29) is 23.6 Å². The Kier molecular flexibility index (Phi) is 5.42. The molecule has 0 radical (unpaired) electrons. The van der Waals surface area contributed by atoms with E-state index in [0.717, 1.165) is 16.9 Å². The van der Waals surface area contributed by atoms with Gasteiger partial charge in [0.15, 0.2) is 0 Å². The number of amides is 1. The van der Waals surface area contributed by atoms with Crippen molar-refractivity contribution in [2.24, 2.45) is 0 Å². The summed E-state index contributed by atoms with van der Waals surface area (Å²) in [5.41, 5.74) is 2.18. The molecule has 3 aromatic rings. The highest BCUT2D eigenvalue weighted by molar-refractivity contribution is 7.09. The van der Waals surface area contributed by atoms with Crippen LogP contribution in [0, 0.1) is 0 Å². The summed E-state index contributed by atoms with van der Waals surface area (Å²) in [4.78, 5) is 28.3. The van der Waals surface area contributed by atoms with E-state index < -0.39 is 17.7 Å². The van der Waals surface area contributed by atoms with Crippen molar-refractivity contribution < 1.29 is 19.8 Å². The molecule has 0 saturated carbocycles. The number of likely N-dealkylation sites (tertiary alicyclic amines) is 1. The maximum Gasteiger partial charge on any atom is 0.295 e. The number of carbonyl (C=O) groups excluding carboxylic acids is 2. The summed E-state index contributed by atoms with van der Waals surface area (Å²) in [6, 6.07) is 16.7. The number of aryl methyl sites for hydroxylation is 1. The zero-order valence-corrected chi connectivity index (χ0v) is 17.2. The van der Waals surface area contributed by atoms with E-state index in [1.165, 1.54) is 28.4 Å². The van der Waals surface area contributed by atoms with Crippen LogP contribution < -0.4 is 0 Å². The van der Waals surface area contributed by atoms with Gasteiger partial charge in [-0.3, -0.25) is 9.59 Å². The third-order valence-electron chi connectivity index (χ3n) is 5.27. The standard InChI is InChI=1S/C24H21NO4S/c1-2-15-8-10-16(11-9-15)22(27)20-21(17-5-3-6-18(26)13-17)25(24(29)23(20)28)14-19-7-4-12-30-19/h3-13,21,26-27H,2,14H2,1H3/b22-20-. The van der Waals surface area contributed by atoms with Gasteiger partial charge >= 0.3 is 0 Å². The Morgan fingerprint density at radius 1 is 1.07 bits per heavy atom. The number of Topliss-reactive ketones (excluding diaryl/α,β-unsaturated/α-hetero) is 1. The Morgan fingerprint density at radius 2 is 1.83 bits per heavy atom. The molecule has 30 heavy (non-hydrogen) atoms. The minimum absolute atomic E-state index is 0.0292. The van der Waals surface area contributed by atoms with E-state index in [4.69, 9.17) is 0 Å². The maximum absolute atomic E-state index is 13.0. The first kappa shape index (κ1) is 19.9. The number of carbonyl (C=O) groups is 2. The van der Waals surface area contributed by atoms with Gasteiger partial charge in [0.1, 0.15) is 11.5 Å². The van der Waals surface area contributed by atoms with E-state index in [1.807, 2.05) is 36.6 Å². The molecular formula is C24H21NO4S. The lowest BCUT2D eigenvalue weighted by Crippen LogP contribution is -2.28. The van der Waals surface area contributed by atoms with Crippen LogP contribution in [0.4, 0.5) is 0 Å². The highest BCUT2D eigenvalue weighted by atomic mass is 32.1. The molecule has 1 aromatic heterocycles. The van der Waals surface area contributed by atoms with Crippen LogP contribution in [-0.2, 0) is 22.6 Å². The van der Waals surface area contributed by atoms with Crippen molar-refractivity contribution in [2.45, 2.75) is 25.9 Å². The fourth-order valence-electron chi connectivity index (χ4n) is 3.71. The molecule has 5 nitrogen and oxygen atoms in total. The average molecular weight is 420 g/mol. The summed E-state index contributed by atoms with van der Waals surface area (Å²) in [7, 11) is 0. The van der Waals surface area contributed by atoms with E-state index in [1.54, 1.807) is 24.3 Å². The van der Waals surface area contributed by atoms with Crippen LogP contribution in [0.1, 0.15) is 34.5 Å². The number of ketones is 1. The van der Waals surface area contributed by atoms with E-state index in [9.17, 15) is 19.8 Å². The SMILES string of the molecule is CCc1ccc(/C(O)=C2/C(=O)C(=O)N(Cc3cccs3)C2c2cccc(O)c2)cc1. The van der Waals surface area contributed by atoms with Crippen molar-refractivity contribution in [2.75, 3.05) is 0 Å². The van der Waals surface area contributed by atoms with Crippen LogP contribution in [0.5, 0.6) is 5.75 Å². The van der Waals surface area contributed by atoms with Crippen LogP contribution in [0.3, 0.4) is 0 Å². The van der Waals surface area contributed by atoms with Crippen molar-refractivity contribution in [1.82, 2.24) is 4.90 Å². The number of hydrogen-bond acceptors (Lipinski definition) is 5. The summed E-state index contributed by atoms with van der Waals surface area (Å²) in [6.45, 7) is 2.28. The molecule has 4 rings (SSSR count). The predicted octanol–water partition coefficient (Wildman–Crippen LogP) is 4.64. The van der Waals surface area contributed by atoms with Gasteiger partial charge in [-0.05, 0) is 41.1 Å². The van der Waals surface area contributed by atoms with Crippen molar-refractivity contribution >= 4 is 28.8 Å². The summed E-state index contributed by atoms with van der Waals surface area (Å²) >= 11 is 1.49. The third-order valence-corrected chi connectivity index (χ3v) is 6.13. The summed E-state index contributed by atoms with van der Waals surface area (Å²) < 4.78 is 0. The average Bonchev–Trinajstić information content (AvgIpc) is 3.36. The van der Waals surface area contributed by atoms with Crippen LogP contribution in [0.2, 0.25) is 0 Å². The van der Waals surface area contributed by atoms with Crippen molar-refractivity contribution in [3.8, 4) is 5.75 Å². The number of hydrogen-bond donors (Lipinski definition) is 2. The fourth-order valence-corrected chi connectivity index (χ4v) is 4.41. The molecule has 1 aliphatic heterocycles. The van der Waals surface area contributed by atoms with Crippen molar-refractivity contribution in [3.05, 3.63) is 93.2 Å². The molecule has 1 saturated heterocycles. The van der Waals surface area contributed by atoms with E-state index >= 15 is 0 Å². The second-order valence-electron chi connectivity index (χ2n) is 7.15. The molecule has 0 bridgehead atoms. The van der Waals surface area contributed by atoms with Gasteiger partial charge in [-0.25, -0.2) is 0 Å². The lowest BCUT2D eigenvalue weighted by Gasteiger charge is -2.25. The highest BCUT2D eigenvalue weighted by Crippen LogP contribution is 2.41. The van der Waals surface area contributed by atoms with Crippen LogP contribution >= 0.6 is 11.3 Å². The van der Waals surface area contributed by atoms with Gasteiger partial charge in [0.25, 0.3) is 11.7 Å². The number of phenols is 1. The third kappa shape index (κ3) is 3.62. The Labute approximate surface area is 178 Å². The summed E-state index contributed by atoms with van der Waals surface area (Å²) in [5.74, 6) is -1.57. The van der Waals surface area contributed by atoms with Gasteiger partial charge in [0.2, 0.25) is 0 Å². The number of rotatable bonds is 5. The minimum Gasteiger partial charge on any atom is -0.508 e. The highest BCUT2D eigenvalue weighted by Gasteiger charge is 2.46. The second-order valence-corrected chi connectivity index (χ2v) is 8.18. The molecule has 0 aliphatic carbocycles. The Bertz CT molecular complexity index is 1120. The Balaban J connectivity index is 1.85. The summed E-state index contributed by atoms with van der Waals surface area (Å²) in [6.07, 6.45) is 0.857. The van der Waals surface area contributed by atoms with Gasteiger partial charge in [-0.2, -0.15) is 0 Å². The molecule has 1 amide bonds. The van der Waals surface area contributed by atoms with Gasteiger partial charge in [-0.15, -0.1) is 11.3 Å². The Morgan fingerprint density at radius 3 is 2.47 bits per heavy atom. The van der Waals surface area contributed by atoms with E-state index in [0.29, 0.717) is 11.1 Å². The fraction of sp³-hybridized carbons (Fsp3) is 0.167. The number of aliphatic hydroxyl groups is 1. The van der Waals surface area contributed by atoms with Crippen LogP contribution in [-0.4, -0.2) is 26.8 Å². The normalized spacial score (nSPS) is 18.2. The van der Waals surface area contributed by atoms with Crippen LogP contribution in [0.25, 0.3) is 5.76 Å². The van der Waals surface area contributed by atoms with Gasteiger partial charge in [0.05, 0.1) is 18.2 Å². The number of aliphatic hydroxyl groups excluding tert-OH is 1. The van der Waals surface area contributed by atoms with Gasteiger partial charge in [-0.1, -0.05) is 49.4 Å². The molecular weight excluding hydrogens is 398 g/mol. The lowest BCUT2D eigenvalue weighted by atomic mass is 9.94. The molecule has 1 atom stereocenters. The first-order valence-corrected chi connectivity index (χ1v) is 10.6. The monoisotopic (exact) mass is 419 g/mol. The van der Waals surface area contributed by atoms with E-state index in [2.05, 4.69) is 0 Å². The molecule has 1 fully saturated rings. The summed E-state index contributed by atoms with van der Waals surface area (Å²) in [5, 5.41) is 22.9. The van der Waals surface area contributed by atoms with Crippen molar-refractivity contribution in [3.63, 3.8) is 0 Å². The zero-order valence-electron chi connectivity index (χ0n) is 16.4. The van der Waals surface area contributed by atoms with Gasteiger partial charge in [0, 0.05) is 10.4 Å². The molecule has 152 valence electrons. The number of benzene rings is 2. The molecule has 2 N–H and O–H groups in total. The Hall–Kier alpha value is -3.38. The number of thiophene rings is 1. The van der Waals surface area contributed by atoms with Gasteiger partial charge < -0.3 is 15.1 Å².